The molecule has 0 aromatic carbocycles. The molecule has 5 heteroatoms. The number of carbonyl (C=O) groups excluding carboxylic acids is 1. The van der Waals surface area contributed by atoms with Crippen molar-refractivity contribution >= 4 is 11.5 Å². The van der Waals surface area contributed by atoms with E-state index in [1.165, 1.54) is 4.90 Å². The SMILES string of the molecule is CN(C)C(=O)c1nccc(C2=CC=CC3OC=CC=C23)n1. The quantitative estimate of drug-likeness (QED) is 0.831. The first-order valence-electron chi connectivity index (χ1n) is 6.63. The number of allylic oxidation sites excluding steroid dienone is 4. The maximum Gasteiger partial charge on any atom is 0.291 e. The molecule has 1 aliphatic heterocycles. The first kappa shape index (κ1) is 13.3. The van der Waals surface area contributed by atoms with Gasteiger partial charge < -0.3 is 9.64 Å². The van der Waals surface area contributed by atoms with Gasteiger partial charge in [-0.1, -0.05) is 18.2 Å². The van der Waals surface area contributed by atoms with Crippen molar-refractivity contribution in [2.24, 2.45) is 0 Å². The molecule has 0 radical (unpaired) electrons. The maximum atomic E-state index is 12.0. The fourth-order valence-corrected chi connectivity index (χ4v) is 2.23. The summed E-state index contributed by atoms with van der Waals surface area (Å²) in [6, 6.07) is 1.80. The number of nitrogens with zero attached hydrogens (tertiary/aromatic N) is 3. The Bertz CT molecular complexity index is 699. The third kappa shape index (κ3) is 2.50. The molecule has 5 nitrogen and oxygen atoms in total. The Morgan fingerprint density at radius 2 is 2.14 bits per heavy atom. The van der Waals surface area contributed by atoms with Crippen LogP contribution in [-0.4, -0.2) is 41.0 Å². The smallest absolute Gasteiger partial charge is 0.291 e. The Labute approximate surface area is 123 Å². The average molecular weight is 281 g/mol. The standard InChI is InChI=1S/C16H15N3O2/c1-19(2)16(20)15-17-9-8-13(18-15)11-5-3-7-14-12(11)6-4-10-21-14/h3-10,14H,1-2H3. The number of fused-ring (bicyclic) bond motifs is 1. The van der Waals surface area contributed by atoms with Crippen LogP contribution in [0.1, 0.15) is 16.3 Å². The van der Waals surface area contributed by atoms with Crippen molar-refractivity contribution in [3.8, 4) is 0 Å². The normalized spacial score (nSPS) is 19.2. The van der Waals surface area contributed by atoms with Crippen LogP contribution >= 0.6 is 0 Å². The summed E-state index contributed by atoms with van der Waals surface area (Å²) in [7, 11) is 3.36. The zero-order valence-electron chi connectivity index (χ0n) is 11.9. The van der Waals surface area contributed by atoms with Gasteiger partial charge in [0, 0.05) is 31.4 Å². The van der Waals surface area contributed by atoms with E-state index < -0.39 is 0 Å². The predicted octanol–water partition coefficient (Wildman–Crippen LogP) is 1.97. The zero-order chi connectivity index (χ0) is 14.8. The van der Waals surface area contributed by atoms with Crippen molar-refractivity contribution in [1.82, 2.24) is 14.9 Å². The van der Waals surface area contributed by atoms with Crippen LogP contribution in [0.15, 0.2) is 54.5 Å². The van der Waals surface area contributed by atoms with Crippen LogP contribution in [0, 0.1) is 0 Å². The molecular formula is C16H15N3O2. The van der Waals surface area contributed by atoms with Crippen molar-refractivity contribution in [1.29, 1.82) is 0 Å². The first-order chi connectivity index (χ1) is 10.2. The van der Waals surface area contributed by atoms with Crippen LogP contribution in [0.25, 0.3) is 5.57 Å². The summed E-state index contributed by atoms with van der Waals surface area (Å²) in [5.74, 6) is -0.0218. The number of ether oxygens (including phenoxy) is 1. The van der Waals surface area contributed by atoms with Crippen LogP contribution in [-0.2, 0) is 4.74 Å². The topological polar surface area (TPSA) is 55.3 Å². The highest BCUT2D eigenvalue weighted by Gasteiger charge is 2.23. The van der Waals surface area contributed by atoms with E-state index in [0.717, 1.165) is 16.8 Å². The summed E-state index contributed by atoms with van der Waals surface area (Å²) < 4.78 is 5.55. The monoisotopic (exact) mass is 281 g/mol. The largest absolute Gasteiger partial charge is 0.489 e. The molecule has 0 N–H and O–H groups in total. The number of hydrogen-bond donors (Lipinski definition) is 0. The van der Waals surface area contributed by atoms with Crippen molar-refractivity contribution in [2.45, 2.75) is 6.10 Å². The molecule has 0 saturated heterocycles. The van der Waals surface area contributed by atoms with Crippen molar-refractivity contribution in [3.63, 3.8) is 0 Å². The maximum absolute atomic E-state index is 12.0. The predicted molar refractivity (Wildman–Crippen MR) is 79.3 cm³/mol. The fraction of sp³-hybridized carbons (Fsp3) is 0.188. The summed E-state index contributed by atoms with van der Waals surface area (Å²) in [6.45, 7) is 0. The lowest BCUT2D eigenvalue weighted by molar-refractivity contribution is 0.0815. The molecule has 1 atom stereocenters. The molecule has 1 aromatic rings. The molecule has 106 valence electrons. The highest BCUT2D eigenvalue weighted by atomic mass is 16.5. The Kier molecular flexibility index (Phi) is 3.39. The molecule has 0 spiro atoms. The van der Waals surface area contributed by atoms with Gasteiger partial charge in [-0.05, 0) is 18.2 Å². The minimum atomic E-state index is -0.214. The van der Waals surface area contributed by atoms with Gasteiger partial charge in [0.15, 0.2) is 0 Å². The molecule has 0 bridgehead atoms. The highest BCUT2D eigenvalue weighted by molar-refractivity contribution is 5.91. The number of amides is 1. The van der Waals surface area contributed by atoms with Crippen LogP contribution in [0.3, 0.4) is 0 Å². The molecule has 2 heterocycles. The number of rotatable bonds is 2. The lowest BCUT2D eigenvalue weighted by atomic mass is 9.92. The lowest BCUT2D eigenvalue weighted by Gasteiger charge is -2.24. The van der Waals surface area contributed by atoms with Crippen molar-refractivity contribution in [3.05, 3.63) is 66.0 Å². The van der Waals surface area contributed by atoms with E-state index in [1.807, 2.05) is 30.4 Å². The van der Waals surface area contributed by atoms with E-state index in [-0.39, 0.29) is 17.8 Å². The number of aromatic nitrogens is 2. The summed E-state index contributed by atoms with van der Waals surface area (Å²) in [5.41, 5.74) is 2.69. The summed E-state index contributed by atoms with van der Waals surface area (Å²) in [6.07, 6.45) is 12.9. The Morgan fingerprint density at radius 1 is 1.29 bits per heavy atom. The Hall–Kier alpha value is -2.69. The molecule has 0 fully saturated rings. The molecule has 2 aliphatic rings. The minimum absolute atomic E-state index is 0.0991. The van der Waals surface area contributed by atoms with Crippen LogP contribution < -0.4 is 0 Å². The molecule has 1 amide bonds. The van der Waals surface area contributed by atoms with Crippen molar-refractivity contribution in [2.75, 3.05) is 14.1 Å². The molecule has 1 unspecified atom stereocenters. The second-order valence-corrected chi connectivity index (χ2v) is 4.94. The minimum Gasteiger partial charge on any atom is -0.489 e. The summed E-state index contributed by atoms with van der Waals surface area (Å²) >= 11 is 0. The van der Waals surface area contributed by atoms with E-state index in [4.69, 9.17) is 4.74 Å². The van der Waals surface area contributed by atoms with E-state index in [9.17, 15) is 4.79 Å². The molecular weight excluding hydrogens is 266 g/mol. The van der Waals surface area contributed by atoms with Crippen LogP contribution in [0.4, 0.5) is 0 Å². The molecule has 21 heavy (non-hydrogen) atoms. The number of carbonyl (C=O) groups is 1. The van der Waals surface area contributed by atoms with Gasteiger partial charge in [0.2, 0.25) is 5.82 Å². The Balaban J connectivity index is 2.01. The molecule has 1 aliphatic carbocycles. The van der Waals surface area contributed by atoms with Gasteiger partial charge >= 0.3 is 0 Å². The number of hydrogen-bond acceptors (Lipinski definition) is 4. The van der Waals surface area contributed by atoms with Gasteiger partial charge in [-0.3, -0.25) is 4.79 Å². The van der Waals surface area contributed by atoms with E-state index in [0.29, 0.717) is 0 Å². The van der Waals surface area contributed by atoms with E-state index in [1.54, 1.807) is 32.6 Å². The first-order valence-corrected chi connectivity index (χ1v) is 6.63. The second kappa shape index (κ2) is 5.36. The van der Waals surface area contributed by atoms with Gasteiger partial charge in [0.05, 0.1) is 12.0 Å². The lowest BCUT2D eigenvalue weighted by Crippen LogP contribution is -2.24. The van der Waals surface area contributed by atoms with Gasteiger partial charge in [-0.15, -0.1) is 0 Å². The van der Waals surface area contributed by atoms with Gasteiger partial charge in [0.25, 0.3) is 5.91 Å². The average Bonchev–Trinajstić information content (AvgIpc) is 2.53. The summed E-state index contributed by atoms with van der Waals surface area (Å²) in [4.78, 5) is 21.9. The van der Waals surface area contributed by atoms with E-state index in [2.05, 4.69) is 9.97 Å². The van der Waals surface area contributed by atoms with Gasteiger partial charge in [0.1, 0.15) is 6.10 Å². The van der Waals surface area contributed by atoms with E-state index >= 15 is 0 Å². The zero-order valence-corrected chi connectivity index (χ0v) is 11.9. The molecule has 3 rings (SSSR count). The second-order valence-electron chi connectivity index (χ2n) is 4.94. The molecule has 1 aromatic heterocycles. The summed E-state index contributed by atoms with van der Waals surface area (Å²) in [5, 5.41) is 0. The van der Waals surface area contributed by atoms with Gasteiger partial charge in [-0.2, -0.15) is 0 Å². The molecule has 0 saturated carbocycles. The highest BCUT2D eigenvalue weighted by Crippen LogP contribution is 2.31. The van der Waals surface area contributed by atoms with Crippen molar-refractivity contribution < 1.29 is 9.53 Å². The Morgan fingerprint density at radius 3 is 2.95 bits per heavy atom. The third-order valence-corrected chi connectivity index (χ3v) is 3.27. The van der Waals surface area contributed by atoms with Gasteiger partial charge in [-0.25, -0.2) is 9.97 Å². The third-order valence-electron chi connectivity index (χ3n) is 3.27. The van der Waals surface area contributed by atoms with Crippen LogP contribution in [0.5, 0.6) is 0 Å². The fourth-order valence-electron chi connectivity index (χ4n) is 2.23. The van der Waals surface area contributed by atoms with Crippen LogP contribution in [0.2, 0.25) is 0 Å².